The summed E-state index contributed by atoms with van der Waals surface area (Å²) >= 11 is 0. The van der Waals surface area contributed by atoms with Gasteiger partial charge in [0.15, 0.2) is 0 Å². The van der Waals surface area contributed by atoms with Crippen molar-refractivity contribution in [2.45, 2.75) is 44.3 Å². The minimum Gasteiger partial charge on any atom is -0.465 e. The van der Waals surface area contributed by atoms with Crippen LogP contribution in [0.15, 0.2) is 48.5 Å². The van der Waals surface area contributed by atoms with Crippen molar-refractivity contribution in [2.24, 2.45) is 0 Å². The van der Waals surface area contributed by atoms with E-state index in [0.29, 0.717) is 11.1 Å². The van der Waals surface area contributed by atoms with E-state index in [0.717, 1.165) is 17.7 Å². The van der Waals surface area contributed by atoms with Crippen molar-refractivity contribution in [2.75, 3.05) is 13.7 Å². The first-order valence-corrected chi connectivity index (χ1v) is 10.1. The number of alkyl halides is 4. The van der Waals surface area contributed by atoms with Crippen molar-refractivity contribution >= 4 is 11.9 Å². The van der Waals surface area contributed by atoms with E-state index in [9.17, 15) is 27.2 Å². The van der Waals surface area contributed by atoms with Gasteiger partial charge in [0.25, 0.3) is 0 Å². The number of likely N-dealkylation sites (tertiary alicyclic amines) is 1. The highest BCUT2D eigenvalue weighted by molar-refractivity contribution is 5.89. The number of esters is 1. The van der Waals surface area contributed by atoms with Crippen molar-refractivity contribution in [1.82, 2.24) is 10.2 Å². The molecule has 0 bridgehead atoms. The van der Waals surface area contributed by atoms with Gasteiger partial charge in [-0.1, -0.05) is 30.3 Å². The Morgan fingerprint density at radius 1 is 1.19 bits per heavy atom. The van der Waals surface area contributed by atoms with Crippen LogP contribution in [0, 0.1) is 0 Å². The summed E-state index contributed by atoms with van der Waals surface area (Å²) in [6.07, 6.45) is -5.75. The molecule has 0 aliphatic carbocycles. The maximum atomic E-state index is 14.1. The number of benzene rings is 2. The van der Waals surface area contributed by atoms with Gasteiger partial charge in [0.1, 0.15) is 6.17 Å². The lowest BCUT2D eigenvalue weighted by molar-refractivity contribution is -0.137. The van der Waals surface area contributed by atoms with Gasteiger partial charge in [-0.05, 0) is 36.2 Å². The molecule has 1 amide bonds. The van der Waals surface area contributed by atoms with Gasteiger partial charge in [0, 0.05) is 19.5 Å². The molecule has 5 nitrogen and oxygen atoms in total. The van der Waals surface area contributed by atoms with E-state index < -0.39 is 41.9 Å². The minimum absolute atomic E-state index is 0.0290. The van der Waals surface area contributed by atoms with Crippen molar-refractivity contribution in [3.63, 3.8) is 0 Å². The molecule has 2 aromatic carbocycles. The molecule has 3 rings (SSSR count). The van der Waals surface area contributed by atoms with Gasteiger partial charge in [0.05, 0.1) is 30.3 Å². The maximum Gasteiger partial charge on any atom is 0.416 e. The van der Waals surface area contributed by atoms with Crippen molar-refractivity contribution < 1.29 is 31.9 Å². The second-order valence-electron chi connectivity index (χ2n) is 7.82. The molecule has 1 saturated heterocycles. The monoisotopic (exact) mass is 452 g/mol. The number of halogens is 4. The predicted octanol–water partition coefficient (Wildman–Crippen LogP) is 4.28. The third kappa shape index (κ3) is 5.64. The van der Waals surface area contributed by atoms with Crippen LogP contribution in [-0.2, 0) is 22.3 Å². The number of nitrogens with one attached hydrogen (secondary N) is 1. The maximum absolute atomic E-state index is 14.1. The molecule has 1 aliphatic rings. The van der Waals surface area contributed by atoms with E-state index in [1.807, 2.05) is 0 Å². The van der Waals surface area contributed by atoms with E-state index in [1.165, 1.54) is 19.2 Å². The molecule has 3 atom stereocenters. The first-order chi connectivity index (χ1) is 15.1. The molecular weight excluding hydrogens is 428 g/mol. The molecular formula is C23H24F4N2O3. The summed E-state index contributed by atoms with van der Waals surface area (Å²) in [4.78, 5) is 26.0. The van der Waals surface area contributed by atoms with Crippen LogP contribution >= 0.6 is 0 Å². The van der Waals surface area contributed by atoms with Gasteiger partial charge in [-0.15, -0.1) is 0 Å². The topological polar surface area (TPSA) is 58.6 Å². The number of carbonyl (C=O) groups is 2. The number of rotatable bonds is 6. The molecule has 1 heterocycles. The van der Waals surface area contributed by atoms with Gasteiger partial charge < -0.3 is 10.1 Å². The number of nitrogens with zero attached hydrogens (tertiary/aromatic N) is 1. The van der Waals surface area contributed by atoms with Gasteiger partial charge >= 0.3 is 12.1 Å². The van der Waals surface area contributed by atoms with E-state index in [2.05, 4.69) is 10.1 Å². The van der Waals surface area contributed by atoms with Gasteiger partial charge in [-0.3, -0.25) is 9.69 Å². The van der Waals surface area contributed by atoms with E-state index in [1.54, 1.807) is 36.1 Å². The van der Waals surface area contributed by atoms with Gasteiger partial charge in [0.2, 0.25) is 5.91 Å². The Labute approximate surface area is 183 Å². The van der Waals surface area contributed by atoms with Crippen molar-refractivity contribution in [3.05, 3.63) is 70.8 Å². The number of methoxy groups -OCH3 is 1. The van der Waals surface area contributed by atoms with Crippen LogP contribution in [-0.4, -0.2) is 42.6 Å². The second-order valence-corrected chi connectivity index (χ2v) is 7.82. The predicted molar refractivity (Wildman–Crippen MR) is 109 cm³/mol. The molecule has 2 unspecified atom stereocenters. The average Bonchev–Trinajstić information content (AvgIpc) is 3.13. The average molecular weight is 452 g/mol. The van der Waals surface area contributed by atoms with E-state index in [-0.39, 0.29) is 19.5 Å². The Hall–Kier alpha value is -2.94. The first-order valence-electron chi connectivity index (χ1n) is 10.1. The van der Waals surface area contributed by atoms with Crippen LogP contribution < -0.4 is 5.32 Å². The van der Waals surface area contributed by atoms with Crippen LogP contribution in [0.25, 0.3) is 0 Å². The van der Waals surface area contributed by atoms with E-state index in [4.69, 9.17) is 0 Å². The normalized spacial score (nSPS) is 20.1. The van der Waals surface area contributed by atoms with Crippen LogP contribution in [0.1, 0.15) is 46.4 Å². The van der Waals surface area contributed by atoms with Gasteiger partial charge in [-0.2, -0.15) is 13.2 Å². The molecule has 9 heteroatoms. The highest BCUT2D eigenvalue weighted by atomic mass is 19.4. The lowest BCUT2D eigenvalue weighted by atomic mass is 10.0. The minimum atomic E-state index is -4.47. The smallest absolute Gasteiger partial charge is 0.416 e. The molecule has 1 aliphatic heterocycles. The highest BCUT2D eigenvalue weighted by Crippen LogP contribution is 2.31. The Bertz CT molecular complexity index is 962. The summed E-state index contributed by atoms with van der Waals surface area (Å²) in [6, 6.07) is 10.1. The number of hydrogen-bond acceptors (Lipinski definition) is 4. The standard InChI is InChI=1S/C23H24F4N2O3/c1-14(16-6-8-17(9-7-16)22(31)32-2)28-21(30)20-11-19(24)13-29(20)12-15-4-3-5-18(10-15)23(25,26)27/h3-10,14,19-20H,11-13H2,1-2H3,(H,28,30)/t14?,19-,20?/m0/s1. The molecule has 0 aromatic heterocycles. The summed E-state index contributed by atoms with van der Waals surface area (Å²) < 4.78 is 57.7. The Kier molecular flexibility index (Phi) is 7.18. The quantitative estimate of drug-likeness (QED) is 0.525. The fraction of sp³-hybridized carbons (Fsp3) is 0.391. The Morgan fingerprint density at radius 2 is 1.88 bits per heavy atom. The molecule has 0 radical (unpaired) electrons. The number of ether oxygens (including phenoxy) is 1. The van der Waals surface area contributed by atoms with Crippen LogP contribution in [0.2, 0.25) is 0 Å². The van der Waals surface area contributed by atoms with Crippen molar-refractivity contribution in [1.29, 1.82) is 0 Å². The Balaban J connectivity index is 1.68. The number of amides is 1. The zero-order chi connectivity index (χ0) is 23.5. The molecule has 2 aromatic rings. The fourth-order valence-corrected chi connectivity index (χ4v) is 3.79. The summed E-state index contributed by atoms with van der Waals surface area (Å²) in [5.74, 6) is -0.875. The summed E-state index contributed by atoms with van der Waals surface area (Å²) in [7, 11) is 1.28. The third-order valence-corrected chi connectivity index (χ3v) is 5.49. The lowest BCUT2D eigenvalue weighted by Gasteiger charge is -2.25. The largest absolute Gasteiger partial charge is 0.465 e. The van der Waals surface area contributed by atoms with Gasteiger partial charge in [-0.25, -0.2) is 9.18 Å². The first kappa shape index (κ1) is 23.7. The molecule has 32 heavy (non-hydrogen) atoms. The number of hydrogen-bond donors (Lipinski definition) is 1. The molecule has 172 valence electrons. The SMILES string of the molecule is COC(=O)c1ccc(C(C)NC(=O)C2C[C@H](F)CN2Cc2cccc(C(F)(F)F)c2)cc1. The van der Waals surface area contributed by atoms with Crippen LogP contribution in [0.4, 0.5) is 17.6 Å². The summed E-state index contributed by atoms with van der Waals surface area (Å²) in [5, 5.41) is 2.83. The zero-order valence-electron chi connectivity index (χ0n) is 17.7. The molecule has 1 fully saturated rings. The molecule has 1 N–H and O–H groups in total. The summed E-state index contributed by atoms with van der Waals surface area (Å²) in [6.45, 7) is 1.76. The van der Waals surface area contributed by atoms with Crippen LogP contribution in [0.5, 0.6) is 0 Å². The van der Waals surface area contributed by atoms with Crippen LogP contribution in [0.3, 0.4) is 0 Å². The number of carbonyl (C=O) groups excluding carboxylic acids is 2. The summed E-state index contributed by atoms with van der Waals surface area (Å²) in [5.41, 5.74) is 0.692. The highest BCUT2D eigenvalue weighted by Gasteiger charge is 2.38. The zero-order valence-corrected chi connectivity index (χ0v) is 17.7. The second kappa shape index (κ2) is 9.68. The lowest BCUT2D eigenvalue weighted by Crippen LogP contribution is -2.43. The Morgan fingerprint density at radius 3 is 2.50 bits per heavy atom. The van der Waals surface area contributed by atoms with Crippen molar-refractivity contribution in [3.8, 4) is 0 Å². The molecule has 0 saturated carbocycles. The molecule has 0 spiro atoms. The fourth-order valence-electron chi connectivity index (χ4n) is 3.79. The van der Waals surface area contributed by atoms with E-state index >= 15 is 0 Å². The third-order valence-electron chi connectivity index (χ3n) is 5.49.